The zero-order valence-electron chi connectivity index (χ0n) is 19.2. The van der Waals surface area contributed by atoms with Crippen LogP contribution in [0.5, 0.6) is 0 Å². The van der Waals surface area contributed by atoms with Gasteiger partial charge in [-0.25, -0.2) is 9.07 Å². The molecule has 0 unspecified atom stereocenters. The van der Waals surface area contributed by atoms with Crippen molar-refractivity contribution in [1.82, 2.24) is 24.6 Å². The molecular formula is C27H28FN5O. The van der Waals surface area contributed by atoms with E-state index in [1.165, 1.54) is 17.7 Å². The highest BCUT2D eigenvalue weighted by Gasteiger charge is 2.27. The van der Waals surface area contributed by atoms with Crippen molar-refractivity contribution in [2.24, 2.45) is 0 Å². The van der Waals surface area contributed by atoms with E-state index in [0.717, 1.165) is 32.5 Å². The zero-order valence-corrected chi connectivity index (χ0v) is 19.2. The van der Waals surface area contributed by atoms with Gasteiger partial charge in [0.15, 0.2) is 5.82 Å². The molecule has 6 nitrogen and oxygen atoms in total. The first kappa shape index (κ1) is 22.1. The predicted octanol–water partition coefficient (Wildman–Crippen LogP) is 4.50. The van der Waals surface area contributed by atoms with Gasteiger partial charge in [-0.1, -0.05) is 30.3 Å². The van der Waals surface area contributed by atoms with Crippen LogP contribution in [0.2, 0.25) is 0 Å². The minimum Gasteiger partial charge on any atom is -0.349 e. The van der Waals surface area contributed by atoms with E-state index in [1.54, 1.807) is 16.8 Å². The van der Waals surface area contributed by atoms with Gasteiger partial charge in [0.05, 0.1) is 11.4 Å². The molecule has 5 rings (SSSR count). The van der Waals surface area contributed by atoms with Crippen molar-refractivity contribution in [2.45, 2.75) is 32.4 Å². The lowest BCUT2D eigenvalue weighted by molar-refractivity contribution is 0.0908. The molecule has 1 fully saturated rings. The van der Waals surface area contributed by atoms with E-state index < -0.39 is 0 Å². The number of carbonyl (C=O) groups excluding carboxylic acids is 1. The molecule has 0 radical (unpaired) electrons. The van der Waals surface area contributed by atoms with Crippen molar-refractivity contribution in [3.05, 3.63) is 102 Å². The molecule has 0 spiro atoms. The number of benzene rings is 2. The monoisotopic (exact) mass is 457 g/mol. The number of rotatable bonds is 6. The summed E-state index contributed by atoms with van der Waals surface area (Å²) in [6.07, 6.45) is 5.58. The van der Waals surface area contributed by atoms with Crippen LogP contribution in [0.15, 0.2) is 79.1 Å². The second-order valence-electron chi connectivity index (χ2n) is 8.77. The van der Waals surface area contributed by atoms with Crippen LogP contribution in [0.1, 0.15) is 34.5 Å². The lowest BCUT2D eigenvalue weighted by Crippen LogP contribution is -2.44. The summed E-state index contributed by atoms with van der Waals surface area (Å²) in [5.74, 6) is 0.205. The Morgan fingerprint density at radius 2 is 1.68 bits per heavy atom. The minimum absolute atomic E-state index is 0.116. The molecule has 0 bridgehead atoms. The number of likely N-dealkylation sites (tertiary alicyclic amines) is 1. The van der Waals surface area contributed by atoms with Crippen LogP contribution in [0.3, 0.4) is 0 Å². The third-order valence-electron chi connectivity index (χ3n) is 6.36. The third kappa shape index (κ3) is 4.65. The Bertz CT molecular complexity index is 1240. The van der Waals surface area contributed by atoms with Crippen LogP contribution in [-0.4, -0.2) is 44.3 Å². The first-order valence-electron chi connectivity index (χ1n) is 11.6. The maximum absolute atomic E-state index is 13.5. The zero-order chi connectivity index (χ0) is 23.5. The van der Waals surface area contributed by atoms with Crippen LogP contribution in [0, 0.1) is 12.7 Å². The van der Waals surface area contributed by atoms with E-state index in [-0.39, 0.29) is 17.8 Å². The second-order valence-corrected chi connectivity index (χ2v) is 8.77. The average Bonchev–Trinajstić information content (AvgIpc) is 3.49. The fourth-order valence-electron chi connectivity index (χ4n) is 4.59. The number of nitrogens with one attached hydrogen (secondary N) is 1. The van der Waals surface area contributed by atoms with Crippen LogP contribution in [0.4, 0.5) is 4.39 Å². The highest BCUT2D eigenvalue weighted by molar-refractivity contribution is 5.98. The molecule has 1 aliphatic heterocycles. The van der Waals surface area contributed by atoms with Crippen molar-refractivity contribution >= 4 is 5.91 Å². The van der Waals surface area contributed by atoms with Crippen molar-refractivity contribution in [3.63, 3.8) is 0 Å². The van der Waals surface area contributed by atoms with Crippen LogP contribution < -0.4 is 5.32 Å². The van der Waals surface area contributed by atoms with E-state index in [2.05, 4.69) is 39.6 Å². The van der Waals surface area contributed by atoms with Gasteiger partial charge in [-0.15, -0.1) is 0 Å². The number of aryl methyl sites for hydroxylation is 1. The summed E-state index contributed by atoms with van der Waals surface area (Å²) in [6.45, 7) is 4.66. The Hall–Kier alpha value is -3.71. The van der Waals surface area contributed by atoms with E-state index >= 15 is 0 Å². The van der Waals surface area contributed by atoms with Gasteiger partial charge in [0.2, 0.25) is 0 Å². The number of aromatic nitrogens is 3. The normalized spacial score (nSPS) is 14.9. The molecule has 2 aromatic heterocycles. The van der Waals surface area contributed by atoms with E-state index in [1.807, 2.05) is 42.1 Å². The molecule has 34 heavy (non-hydrogen) atoms. The minimum atomic E-state index is -0.313. The molecule has 4 aromatic rings. The number of carbonyl (C=O) groups is 1. The van der Waals surface area contributed by atoms with Crippen LogP contribution >= 0.6 is 0 Å². The summed E-state index contributed by atoms with van der Waals surface area (Å²) in [6, 6.07) is 20.5. The van der Waals surface area contributed by atoms with Gasteiger partial charge in [0.1, 0.15) is 11.4 Å². The summed E-state index contributed by atoms with van der Waals surface area (Å²) in [5.41, 5.74) is 3.17. The maximum Gasteiger partial charge on any atom is 0.257 e. The number of nitrogens with zero attached hydrogens (tertiary/aromatic N) is 4. The molecular weight excluding hydrogens is 429 g/mol. The van der Waals surface area contributed by atoms with Gasteiger partial charge in [0, 0.05) is 38.1 Å². The summed E-state index contributed by atoms with van der Waals surface area (Å²) >= 11 is 0. The van der Waals surface area contributed by atoms with E-state index in [9.17, 15) is 9.18 Å². The Kier molecular flexibility index (Phi) is 6.27. The number of halogens is 1. The van der Waals surface area contributed by atoms with Gasteiger partial charge >= 0.3 is 0 Å². The van der Waals surface area contributed by atoms with Crippen molar-refractivity contribution in [1.29, 1.82) is 0 Å². The van der Waals surface area contributed by atoms with Crippen molar-refractivity contribution in [3.8, 4) is 11.5 Å². The molecule has 0 saturated carbocycles. The number of hydrogen-bond acceptors (Lipinski definition) is 3. The molecule has 1 aliphatic rings. The average molecular weight is 458 g/mol. The van der Waals surface area contributed by atoms with Gasteiger partial charge in [-0.2, -0.15) is 5.10 Å². The number of piperidine rings is 1. The largest absolute Gasteiger partial charge is 0.349 e. The SMILES string of the molecule is Cc1nn(-c2ccc(F)cc2)c(-n2cccc2)c1C(=O)NC1CCN(Cc2ccccc2)CC1. The number of hydrogen-bond donors (Lipinski definition) is 1. The topological polar surface area (TPSA) is 55.1 Å². The lowest BCUT2D eigenvalue weighted by Gasteiger charge is -2.32. The molecule has 7 heteroatoms. The molecule has 0 aliphatic carbocycles. The fraction of sp³-hybridized carbons (Fsp3) is 0.259. The molecule has 2 aromatic carbocycles. The molecule has 1 saturated heterocycles. The highest BCUT2D eigenvalue weighted by Crippen LogP contribution is 2.24. The summed E-state index contributed by atoms with van der Waals surface area (Å²) < 4.78 is 17.1. The predicted molar refractivity (Wildman–Crippen MR) is 130 cm³/mol. The molecule has 1 N–H and O–H groups in total. The quantitative estimate of drug-likeness (QED) is 0.464. The van der Waals surface area contributed by atoms with Gasteiger partial charge < -0.3 is 9.88 Å². The maximum atomic E-state index is 13.5. The standard InChI is InChI=1S/C27H28FN5O/c1-20-25(26(34)29-23-13-17-31(18-14-23)19-21-7-3-2-4-8-21)27(32-15-5-6-16-32)33(30-20)24-11-9-22(28)10-12-24/h2-12,15-16,23H,13-14,17-19H2,1H3,(H,29,34). The van der Waals surface area contributed by atoms with Crippen LogP contribution in [0.25, 0.3) is 11.5 Å². The Morgan fingerprint density at radius 1 is 1.00 bits per heavy atom. The smallest absolute Gasteiger partial charge is 0.257 e. The summed E-state index contributed by atoms with van der Waals surface area (Å²) in [5, 5.41) is 7.89. The van der Waals surface area contributed by atoms with Gasteiger partial charge in [0.25, 0.3) is 5.91 Å². The third-order valence-corrected chi connectivity index (χ3v) is 6.36. The van der Waals surface area contributed by atoms with Crippen molar-refractivity contribution < 1.29 is 9.18 Å². The van der Waals surface area contributed by atoms with E-state index in [4.69, 9.17) is 0 Å². The van der Waals surface area contributed by atoms with Crippen LogP contribution in [-0.2, 0) is 6.54 Å². The Labute approximate surface area is 198 Å². The Balaban J connectivity index is 1.34. The highest BCUT2D eigenvalue weighted by atomic mass is 19.1. The first-order valence-corrected chi connectivity index (χ1v) is 11.6. The summed E-state index contributed by atoms with van der Waals surface area (Å²) in [7, 11) is 0. The Morgan fingerprint density at radius 3 is 2.35 bits per heavy atom. The second kappa shape index (κ2) is 9.65. The first-order chi connectivity index (χ1) is 16.6. The number of amides is 1. The molecule has 174 valence electrons. The van der Waals surface area contributed by atoms with Crippen molar-refractivity contribution in [2.75, 3.05) is 13.1 Å². The molecule has 0 atom stereocenters. The fourth-order valence-corrected chi connectivity index (χ4v) is 4.59. The lowest BCUT2D eigenvalue weighted by atomic mass is 10.0. The summed E-state index contributed by atoms with van der Waals surface area (Å²) in [4.78, 5) is 15.9. The molecule has 3 heterocycles. The van der Waals surface area contributed by atoms with Gasteiger partial charge in [-0.3, -0.25) is 9.69 Å². The molecule has 1 amide bonds. The van der Waals surface area contributed by atoms with Gasteiger partial charge in [-0.05, 0) is 61.7 Å². The van der Waals surface area contributed by atoms with E-state index in [0.29, 0.717) is 22.8 Å².